The Labute approximate surface area is 203 Å². The van der Waals surface area contributed by atoms with E-state index >= 15 is 0 Å². The summed E-state index contributed by atoms with van der Waals surface area (Å²) in [4.78, 5) is 17.1. The summed E-state index contributed by atoms with van der Waals surface area (Å²) < 4.78 is 0. The fourth-order valence-electron chi connectivity index (χ4n) is 4.14. The van der Waals surface area contributed by atoms with Crippen molar-refractivity contribution in [1.29, 1.82) is 0 Å². The van der Waals surface area contributed by atoms with Gasteiger partial charge in [0.15, 0.2) is 0 Å². The summed E-state index contributed by atoms with van der Waals surface area (Å²) in [6, 6.07) is 10.4. The Bertz CT molecular complexity index is 1570. The van der Waals surface area contributed by atoms with Gasteiger partial charge in [-0.05, 0) is 62.8 Å². The van der Waals surface area contributed by atoms with Gasteiger partial charge >= 0.3 is 0 Å². The smallest absolute Gasteiger partial charge is 0.135 e. The Morgan fingerprint density at radius 3 is 2.71 bits per heavy atom. The van der Waals surface area contributed by atoms with E-state index in [4.69, 9.17) is 4.98 Å². The molecule has 174 valence electrons. The second-order valence-corrected chi connectivity index (χ2v) is 8.58. The van der Waals surface area contributed by atoms with Gasteiger partial charge in [-0.1, -0.05) is 18.7 Å². The predicted octanol–water partition coefficient (Wildman–Crippen LogP) is 6.03. The fourth-order valence-corrected chi connectivity index (χ4v) is 4.14. The quantitative estimate of drug-likeness (QED) is 0.257. The summed E-state index contributed by atoms with van der Waals surface area (Å²) >= 11 is 0. The number of rotatable bonds is 7. The predicted molar refractivity (Wildman–Crippen MR) is 142 cm³/mol. The molecule has 0 atom stereocenters. The Kier molecular flexibility index (Phi) is 5.97. The maximum Gasteiger partial charge on any atom is 0.135 e. The second-order valence-electron chi connectivity index (χ2n) is 8.58. The molecule has 7 nitrogen and oxygen atoms in total. The van der Waals surface area contributed by atoms with E-state index in [0.29, 0.717) is 6.04 Å². The van der Waals surface area contributed by atoms with Crippen LogP contribution in [0.3, 0.4) is 0 Å². The minimum absolute atomic E-state index is 0.307. The van der Waals surface area contributed by atoms with Crippen LogP contribution in [0.25, 0.3) is 50.0 Å². The highest BCUT2D eigenvalue weighted by Crippen LogP contribution is 2.33. The Hall–Kier alpha value is -4.52. The van der Waals surface area contributed by atoms with Gasteiger partial charge in [-0.2, -0.15) is 5.10 Å². The highest BCUT2D eigenvalue weighted by atomic mass is 15.1. The maximum absolute atomic E-state index is 4.99. The van der Waals surface area contributed by atoms with Crippen molar-refractivity contribution in [3.63, 3.8) is 0 Å². The van der Waals surface area contributed by atoms with Crippen molar-refractivity contribution in [1.82, 2.24) is 35.5 Å². The summed E-state index contributed by atoms with van der Waals surface area (Å²) in [6.45, 7) is 10.1. The monoisotopic (exact) mass is 461 g/mol. The molecule has 0 amide bonds. The van der Waals surface area contributed by atoms with Crippen LogP contribution in [-0.4, -0.2) is 36.2 Å². The van der Waals surface area contributed by atoms with E-state index in [1.54, 1.807) is 6.20 Å². The summed E-state index contributed by atoms with van der Waals surface area (Å²) in [7, 11) is 0. The average molecular weight is 462 g/mol. The van der Waals surface area contributed by atoms with Gasteiger partial charge in [0.05, 0.1) is 28.6 Å². The molecule has 0 aliphatic heterocycles. The van der Waals surface area contributed by atoms with Gasteiger partial charge in [0.25, 0.3) is 0 Å². The Balaban J connectivity index is 1.59. The highest BCUT2D eigenvalue weighted by Gasteiger charge is 2.16. The highest BCUT2D eigenvalue weighted by molar-refractivity contribution is 5.99. The SMILES string of the molecule is C=C/C(=C\C(=C/C)c1ccc2[nH]nc(-c3cc4c(-c5cccnc5)cncc4[nH]3)c2n1)NC(C)C. The molecule has 0 spiro atoms. The van der Waals surface area contributed by atoms with E-state index in [1.165, 1.54) is 0 Å². The van der Waals surface area contributed by atoms with Gasteiger partial charge in [0.1, 0.15) is 11.2 Å². The molecule has 5 aromatic heterocycles. The fraction of sp³-hybridized carbons (Fsp3) is 0.143. The minimum Gasteiger partial charge on any atom is -0.383 e. The second kappa shape index (κ2) is 9.38. The first-order valence-corrected chi connectivity index (χ1v) is 11.6. The topological polar surface area (TPSA) is 95.2 Å². The third-order valence-corrected chi connectivity index (χ3v) is 5.77. The van der Waals surface area contributed by atoms with E-state index in [0.717, 1.165) is 61.4 Å². The van der Waals surface area contributed by atoms with Crippen molar-refractivity contribution in [2.24, 2.45) is 0 Å². The van der Waals surface area contributed by atoms with Crippen LogP contribution in [0.1, 0.15) is 26.5 Å². The number of pyridine rings is 3. The first-order valence-electron chi connectivity index (χ1n) is 11.6. The number of aromatic amines is 2. The van der Waals surface area contributed by atoms with Crippen LogP contribution >= 0.6 is 0 Å². The van der Waals surface area contributed by atoms with Crippen LogP contribution in [-0.2, 0) is 0 Å². The van der Waals surface area contributed by atoms with Gasteiger partial charge in [-0.3, -0.25) is 15.1 Å². The lowest BCUT2D eigenvalue weighted by atomic mass is 10.1. The molecular formula is C28H27N7. The summed E-state index contributed by atoms with van der Waals surface area (Å²) in [5.74, 6) is 0. The molecular weight excluding hydrogens is 434 g/mol. The van der Waals surface area contributed by atoms with E-state index < -0.39 is 0 Å². The number of allylic oxidation sites excluding steroid dienone is 4. The molecule has 0 saturated heterocycles. The first-order chi connectivity index (χ1) is 17.1. The van der Waals surface area contributed by atoms with Crippen LogP contribution in [0.15, 0.2) is 85.6 Å². The van der Waals surface area contributed by atoms with Crippen LogP contribution in [0, 0.1) is 0 Å². The lowest BCUT2D eigenvalue weighted by Crippen LogP contribution is -2.20. The molecule has 0 bridgehead atoms. The van der Waals surface area contributed by atoms with Crippen LogP contribution < -0.4 is 5.32 Å². The van der Waals surface area contributed by atoms with Crippen LogP contribution in [0.2, 0.25) is 0 Å². The summed E-state index contributed by atoms with van der Waals surface area (Å²) in [5.41, 5.74) is 9.09. The molecule has 0 aromatic carbocycles. The summed E-state index contributed by atoms with van der Waals surface area (Å²) in [5, 5.41) is 12.2. The zero-order chi connectivity index (χ0) is 24.4. The van der Waals surface area contributed by atoms with E-state index in [2.05, 4.69) is 63.0 Å². The van der Waals surface area contributed by atoms with Crippen molar-refractivity contribution in [2.75, 3.05) is 0 Å². The third kappa shape index (κ3) is 4.36. The maximum atomic E-state index is 4.99. The molecule has 7 heteroatoms. The molecule has 0 radical (unpaired) electrons. The van der Waals surface area contributed by atoms with Crippen molar-refractivity contribution < 1.29 is 0 Å². The minimum atomic E-state index is 0.307. The van der Waals surface area contributed by atoms with Crippen LogP contribution in [0.5, 0.6) is 0 Å². The zero-order valence-corrected chi connectivity index (χ0v) is 20.0. The Morgan fingerprint density at radius 1 is 1.09 bits per heavy atom. The Morgan fingerprint density at radius 2 is 1.97 bits per heavy atom. The first kappa shape index (κ1) is 22.3. The molecule has 5 rings (SSSR count). The number of aromatic nitrogens is 6. The molecule has 0 unspecified atom stereocenters. The van der Waals surface area contributed by atoms with Crippen LogP contribution in [0.4, 0.5) is 0 Å². The molecule has 0 aliphatic carbocycles. The van der Waals surface area contributed by atoms with Crippen molar-refractivity contribution in [2.45, 2.75) is 26.8 Å². The van der Waals surface area contributed by atoms with Crippen molar-refractivity contribution >= 4 is 27.5 Å². The number of nitrogens with zero attached hydrogens (tertiary/aromatic N) is 4. The third-order valence-electron chi connectivity index (χ3n) is 5.77. The summed E-state index contributed by atoms with van der Waals surface area (Å²) in [6.07, 6.45) is 13.2. The number of H-pyrrole nitrogens is 2. The van der Waals surface area contributed by atoms with Gasteiger partial charge in [-0.15, -0.1) is 0 Å². The molecule has 5 heterocycles. The zero-order valence-electron chi connectivity index (χ0n) is 20.0. The molecule has 0 saturated carbocycles. The molecule has 0 aliphatic rings. The lowest BCUT2D eigenvalue weighted by molar-refractivity contribution is 0.682. The van der Waals surface area contributed by atoms with E-state index in [-0.39, 0.29) is 0 Å². The standard InChI is InChI=1S/C28H27N7/c1-5-18(12-20(6-2)31-17(3)4)23-9-10-24-27(33-23)28(35-34-24)25-13-21-22(15-30-16-26(21)32-25)19-8-7-11-29-14-19/h5-17,31-32H,2H2,1,3-4H3,(H,34,35)/b18-5+,20-12+. The van der Waals surface area contributed by atoms with Crippen molar-refractivity contribution in [3.05, 3.63) is 91.3 Å². The van der Waals surface area contributed by atoms with Gasteiger partial charge in [0, 0.05) is 46.8 Å². The van der Waals surface area contributed by atoms with E-state index in [9.17, 15) is 0 Å². The number of fused-ring (bicyclic) bond motifs is 2. The molecule has 3 N–H and O–H groups in total. The average Bonchev–Trinajstić information content (AvgIpc) is 3.50. The normalized spacial score (nSPS) is 12.6. The van der Waals surface area contributed by atoms with Crippen molar-refractivity contribution in [3.8, 4) is 22.5 Å². The molecule has 5 aromatic rings. The molecule has 35 heavy (non-hydrogen) atoms. The lowest BCUT2D eigenvalue weighted by Gasteiger charge is -2.12. The number of hydrogen-bond acceptors (Lipinski definition) is 5. The van der Waals surface area contributed by atoms with Gasteiger partial charge < -0.3 is 10.3 Å². The molecule has 0 fully saturated rings. The largest absolute Gasteiger partial charge is 0.383 e. The van der Waals surface area contributed by atoms with Gasteiger partial charge in [-0.25, -0.2) is 4.98 Å². The van der Waals surface area contributed by atoms with Gasteiger partial charge in [0.2, 0.25) is 0 Å². The number of nitrogens with one attached hydrogen (secondary N) is 3. The van der Waals surface area contributed by atoms with E-state index in [1.807, 2.05) is 61.9 Å². The number of hydrogen-bond donors (Lipinski definition) is 3.